The monoisotopic (exact) mass is 344 g/mol. The van der Waals surface area contributed by atoms with Crippen LogP contribution in [0.1, 0.15) is 33.6 Å². The van der Waals surface area contributed by atoms with Crippen LogP contribution in [0.4, 0.5) is 10.5 Å². The zero-order valence-electron chi connectivity index (χ0n) is 13.2. The molecule has 0 aromatic heterocycles. The summed E-state index contributed by atoms with van der Waals surface area (Å²) in [6.07, 6.45) is 1.51. The van der Waals surface area contributed by atoms with E-state index in [1.54, 1.807) is 11.0 Å². The molecule has 1 heterocycles. The number of rotatable bonds is 2. The second-order valence-electron chi connectivity index (χ2n) is 6.51. The van der Waals surface area contributed by atoms with E-state index in [0.29, 0.717) is 29.2 Å². The molecule has 4 nitrogen and oxygen atoms in total. The second-order valence-corrected chi connectivity index (χ2v) is 7.33. The van der Waals surface area contributed by atoms with Crippen LogP contribution in [0.3, 0.4) is 0 Å². The number of amides is 1. The van der Waals surface area contributed by atoms with Crippen molar-refractivity contribution in [2.75, 3.05) is 18.4 Å². The Morgan fingerprint density at radius 1 is 1.23 bits per heavy atom. The van der Waals surface area contributed by atoms with Gasteiger partial charge in [-0.25, -0.2) is 4.79 Å². The number of benzene rings is 1. The Hall–Kier alpha value is -1.13. The normalized spacial score (nSPS) is 16.5. The molecule has 22 heavy (non-hydrogen) atoms. The second kappa shape index (κ2) is 6.97. The van der Waals surface area contributed by atoms with E-state index in [2.05, 4.69) is 5.32 Å². The molecule has 1 N–H and O–H groups in total. The topological polar surface area (TPSA) is 41.6 Å². The third kappa shape index (κ3) is 4.96. The van der Waals surface area contributed by atoms with E-state index in [9.17, 15) is 4.79 Å². The van der Waals surface area contributed by atoms with Crippen molar-refractivity contribution in [1.82, 2.24) is 4.90 Å². The van der Waals surface area contributed by atoms with Gasteiger partial charge in [0.25, 0.3) is 0 Å². The SMILES string of the molecule is CC(C)(C)OC(=O)N1CCC(Nc2ccc(Cl)c(Cl)c2)CC1. The Balaban J connectivity index is 1.84. The van der Waals surface area contributed by atoms with E-state index < -0.39 is 5.60 Å². The van der Waals surface area contributed by atoms with Gasteiger partial charge in [0, 0.05) is 24.8 Å². The summed E-state index contributed by atoms with van der Waals surface area (Å²) in [4.78, 5) is 13.8. The molecule has 0 radical (unpaired) electrons. The van der Waals surface area contributed by atoms with Crippen LogP contribution >= 0.6 is 23.2 Å². The van der Waals surface area contributed by atoms with Gasteiger partial charge in [0.1, 0.15) is 5.60 Å². The summed E-state index contributed by atoms with van der Waals surface area (Å²) in [5, 5.41) is 4.52. The number of likely N-dealkylation sites (tertiary alicyclic amines) is 1. The van der Waals surface area contributed by atoms with E-state index in [1.807, 2.05) is 32.9 Å². The van der Waals surface area contributed by atoms with Crippen molar-refractivity contribution >= 4 is 35.0 Å². The summed E-state index contributed by atoms with van der Waals surface area (Å²) in [5.41, 5.74) is 0.497. The highest BCUT2D eigenvalue weighted by Crippen LogP contribution is 2.26. The standard InChI is InChI=1S/C16H22Cl2N2O2/c1-16(2,3)22-15(21)20-8-6-11(7-9-20)19-12-4-5-13(17)14(18)10-12/h4-5,10-11,19H,6-9H2,1-3H3. The smallest absolute Gasteiger partial charge is 0.410 e. The molecule has 0 spiro atoms. The number of nitrogens with one attached hydrogen (secondary N) is 1. The molecule has 1 aromatic carbocycles. The number of piperidine rings is 1. The van der Waals surface area contributed by atoms with Gasteiger partial charge in [-0.05, 0) is 51.8 Å². The molecule has 1 amide bonds. The van der Waals surface area contributed by atoms with Crippen LogP contribution in [-0.2, 0) is 4.74 Å². The number of anilines is 1. The molecule has 1 fully saturated rings. The maximum absolute atomic E-state index is 12.0. The zero-order chi connectivity index (χ0) is 16.3. The van der Waals surface area contributed by atoms with E-state index in [4.69, 9.17) is 27.9 Å². The first-order valence-electron chi connectivity index (χ1n) is 7.44. The third-order valence-electron chi connectivity index (χ3n) is 3.44. The summed E-state index contributed by atoms with van der Waals surface area (Å²) in [6, 6.07) is 5.83. The minimum atomic E-state index is -0.452. The van der Waals surface area contributed by atoms with Gasteiger partial charge < -0.3 is 15.0 Å². The van der Waals surface area contributed by atoms with Gasteiger partial charge in [0.15, 0.2) is 0 Å². The number of hydrogen-bond donors (Lipinski definition) is 1. The quantitative estimate of drug-likeness (QED) is 0.837. The number of carbonyl (C=O) groups is 1. The molecule has 1 aromatic rings. The van der Waals surface area contributed by atoms with Crippen LogP contribution in [0.15, 0.2) is 18.2 Å². The third-order valence-corrected chi connectivity index (χ3v) is 4.18. The molecule has 1 saturated heterocycles. The van der Waals surface area contributed by atoms with E-state index in [-0.39, 0.29) is 6.09 Å². The van der Waals surface area contributed by atoms with Gasteiger partial charge in [-0.3, -0.25) is 0 Å². The van der Waals surface area contributed by atoms with Crippen molar-refractivity contribution in [3.8, 4) is 0 Å². The highest BCUT2D eigenvalue weighted by atomic mass is 35.5. The average molecular weight is 345 g/mol. The maximum Gasteiger partial charge on any atom is 0.410 e. The van der Waals surface area contributed by atoms with Gasteiger partial charge in [-0.1, -0.05) is 23.2 Å². The first-order chi connectivity index (χ1) is 10.2. The highest BCUT2D eigenvalue weighted by molar-refractivity contribution is 6.42. The van der Waals surface area contributed by atoms with Crippen molar-refractivity contribution in [3.63, 3.8) is 0 Å². The predicted molar refractivity (Wildman–Crippen MR) is 90.9 cm³/mol. The highest BCUT2D eigenvalue weighted by Gasteiger charge is 2.26. The summed E-state index contributed by atoms with van der Waals surface area (Å²) in [6.45, 7) is 7.01. The molecule has 0 atom stereocenters. The van der Waals surface area contributed by atoms with Gasteiger partial charge >= 0.3 is 6.09 Å². The van der Waals surface area contributed by atoms with Crippen molar-refractivity contribution in [2.24, 2.45) is 0 Å². The summed E-state index contributed by atoms with van der Waals surface area (Å²) in [7, 11) is 0. The van der Waals surface area contributed by atoms with Crippen LogP contribution in [0, 0.1) is 0 Å². The summed E-state index contributed by atoms with van der Waals surface area (Å²) >= 11 is 11.9. The fourth-order valence-electron chi connectivity index (χ4n) is 2.35. The summed E-state index contributed by atoms with van der Waals surface area (Å²) in [5.74, 6) is 0. The zero-order valence-corrected chi connectivity index (χ0v) is 14.7. The number of carbonyl (C=O) groups excluding carboxylic acids is 1. The van der Waals surface area contributed by atoms with Crippen molar-refractivity contribution in [2.45, 2.75) is 45.3 Å². The van der Waals surface area contributed by atoms with Crippen molar-refractivity contribution in [1.29, 1.82) is 0 Å². The number of ether oxygens (including phenoxy) is 1. The Labute approximate surface area is 141 Å². The van der Waals surface area contributed by atoms with Crippen molar-refractivity contribution in [3.05, 3.63) is 28.2 Å². The fourth-order valence-corrected chi connectivity index (χ4v) is 2.65. The van der Waals surface area contributed by atoms with Crippen LogP contribution in [0.5, 0.6) is 0 Å². The Kier molecular flexibility index (Phi) is 5.45. The van der Waals surface area contributed by atoms with Crippen molar-refractivity contribution < 1.29 is 9.53 Å². The first-order valence-corrected chi connectivity index (χ1v) is 8.20. The number of hydrogen-bond acceptors (Lipinski definition) is 3. The Bertz CT molecular complexity index is 535. The minimum Gasteiger partial charge on any atom is -0.444 e. The number of nitrogens with zero attached hydrogens (tertiary/aromatic N) is 1. The first kappa shape index (κ1) is 17.2. The molecule has 0 unspecified atom stereocenters. The van der Waals surface area contributed by atoms with Gasteiger partial charge in [-0.2, -0.15) is 0 Å². The molecular weight excluding hydrogens is 323 g/mol. The fraction of sp³-hybridized carbons (Fsp3) is 0.562. The summed E-state index contributed by atoms with van der Waals surface area (Å²) < 4.78 is 5.39. The molecule has 0 aliphatic carbocycles. The lowest BCUT2D eigenvalue weighted by Gasteiger charge is -2.34. The molecule has 0 bridgehead atoms. The van der Waals surface area contributed by atoms with Crippen LogP contribution < -0.4 is 5.32 Å². The van der Waals surface area contributed by atoms with E-state index in [1.165, 1.54) is 0 Å². The van der Waals surface area contributed by atoms with Crippen LogP contribution in [-0.4, -0.2) is 35.7 Å². The minimum absolute atomic E-state index is 0.236. The largest absolute Gasteiger partial charge is 0.444 e. The molecule has 6 heteroatoms. The lowest BCUT2D eigenvalue weighted by Crippen LogP contribution is -2.44. The average Bonchev–Trinajstić information content (AvgIpc) is 2.42. The van der Waals surface area contributed by atoms with Gasteiger partial charge in [0.2, 0.25) is 0 Å². The van der Waals surface area contributed by atoms with E-state index >= 15 is 0 Å². The van der Waals surface area contributed by atoms with Crippen LogP contribution in [0.2, 0.25) is 10.0 Å². The lowest BCUT2D eigenvalue weighted by atomic mass is 10.0. The molecule has 2 rings (SSSR count). The Morgan fingerprint density at radius 2 is 1.86 bits per heavy atom. The van der Waals surface area contributed by atoms with Gasteiger partial charge in [0.05, 0.1) is 10.0 Å². The molecule has 1 aliphatic heterocycles. The number of halogens is 2. The predicted octanol–water partition coefficient (Wildman–Crippen LogP) is 4.80. The molecular formula is C16H22Cl2N2O2. The lowest BCUT2D eigenvalue weighted by molar-refractivity contribution is 0.0210. The van der Waals surface area contributed by atoms with Crippen LogP contribution in [0.25, 0.3) is 0 Å². The van der Waals surface area contributed by atoms with E-state index in [0.717, 1.165) is 18.5 Å². The van der Waals surface area contributed by atoms with Gasteiger partial charge in [-0.15, -0.1) is 0 Å². The maximum atomic E-state index is 12.0. The Morgan fingerprint density at radius 3 is 2.41 bits per heavy atom. The molecule has 0 saturated carbocycles. The molecule has 122 valence electrons. The molecule has 1 aliphatic rings.